The molecule has 2 fully saturated rings. The molecule has 1 unspecified atom stereocenters. The van der Waals surface area contributed by atoms with E-state index >= 15 is 0 Å². The Morgan fingerprint density at radius 3 is 2.14 bits per heavy atom. The van der Waals surface area contributed by atoms with Gasteiger partial charge in [-0.1, -0.05) is 6.92 Å². The summed E-state index contributed by atoms with van der Waals surface area (Å²) in [6.45, 7) is 3.33. The van der Waals surface area contributed by atoms with Gasteiger partial charge in [-0.05, 0) is 51.2 Å². The fourth-order valence-electron chi connectivity index (χ4n) is 3.31. The molecule has 0 bridgehead atoms. The Bertz CT molecular complexity index is 377. The van der Waals surface area contributed by atoms with Gasteiger partial charge < -0.3 is 15.3 Å². The first kappa shape index (κ1) is 16.5. The Morgan fingerprint density at radius 2 is 1.76 bits per heavy atom. The molecule has 1 atom stereocenters. The zero-order chi connectivity index (χ0) is 15.7. The maximum atomic E-state index is 12.7. The van der Waals surface area contributed by atoms with Gasteiger partial charge in [-0.15, -0.1) is 0 Å². The third-order valence-corrected chi connectivity index (χ3v) is 4.67. The van der Waals surface area contributed by atoms with E-state index < -0.39 is 23.6 Å². The molecule has 0 spiro atoms. The summed E-state index contributed by atoms with van der Waals surface area (Å²) in [5.74, 6) is -2.03. The van der Waals surface area contributed by atoms with Crippen LogP contribution in [0.1, 0.15) is 32.6 Å². The lowest BCUT2D eigenvalue weighted by Crippen LogP contribution is -2.61. The molecule has 2 aliphatic rings. The lowest BCUT2D eigenvalue weighted by Gasteiger charge is -2.39. The lowest BCUT2D eigenvalue weighted by atomic mass is 9.89. The normalized spacial score (nSPS) is 24.8. The number of likely N-dealkylation sites (N-methyl/N-ethyl adjacent to an activating group) is 1. The Morgan fingerprint density at radius 1 is 1.19 bits per heavy atom. The van der Waals surface area contributed by atoms with E-state index in [1.54, 1.807) is 0 Å². The highest BCUT2D eigenvalue weighted by Gasteiger charge is 2.52. The molecule has 1 saturated carbocycles. The summed E-state index contributed by atoms with van der Waals surface area (Å²) in [6, 6.07) is 0. The van der Waals surface area contributed by atoms with Gasteiger partial charge in [-0.25, -0.2) is 0 Å². The molecule has 1 aliphatic carbocycles. The van der Waals surface area contributed by atoms with Crippen LogP contribution in [0.15, 0.2) is 0 Å². The third kappa shape index (κ3) is 3.69. The van der Waals surface area contributed by atoms with Crippen LogP contribution in [-0.4, -0.2) is 53.9 Å². The summed E-state index contributed by atoms with van der Waals surface area (Å²) in [6.07, 6.45) is -2.25. The first-order valence-electron chi connectivity index (χ1n) is 7.57. The number of hydrogen-bond donors (Lipinski definition) is 2. The van der Waals surface area contributed by atoms with Crippen molar-refractivity contribution in [3.63, 3.8) is 0 Å². The predicted molar refractivity (Wildman–Crippen MR) is 72.0 cm³/mol. The fraction of sp³-hybridized carbons (Fsp3) is 0.929. The Labute approximate surface area is 122 Å². The van der Waals surface area contributed by atoms with Crippen molar-refractivity contribution in [2.75, 3.05) is 26.2 Å². The summed E-state index contributed by atoms with van der Waals surface area (Å²) < 4.78 is 38.0. The Balaban J connectivity index is 1.98. The van der Waals surface area contributed by atoms with Gasteiger partial charge in [0.05, 0.1) is 5.92 Å². The number of halogens is 3. The standard InChI is InChI=1S/C14H23F3N2O2/c1-2-18-13(12(20)21,10-3-4-10)9-19-7-5-11(6-8-19)14(15,16)17/h10-11,18H,2-9H2,1H3,(H,20,21). The Kier molecular flexibility index (Phi) is 4.82. The molecule has 4 nitrogen and oxygen atoms in total. The molecule has 1 aliphatic heterocycles. The summed E-state index contributed by atoms with van der Waals surface area (Å²) >= 11 is 0. The number of carboxylic acid groups (broad SMARTS) is 1. The molecular weight excluding hydrogens is 285 g/mol. The second-order valence-electron chi connectivity index (χ2n) is 6.17. The number of nitrogens with zero attached hydrogens (tertiary/aromatic N) is 1. The summed E-state index contributed by atoms with van der Waals surface area (Å²) in [7, 11) is 0. The van der Waals surface area contributed by atoms with Crippen molar-refractivity contribution in [2.24, 2.45) is 11.8 Å². The van der Waals surface area contributed by atoms with E-state index in [1.165, 1.54) is 0 Å². The minimum absolute atomic E-state index is 0.0655. The topological polar surface area (TPSA) is 52.6 Å². The molecule has 1 saturated heterocycles. The average Bonchev–Trinajstić information content (AvgIpc) is 3.22. The van der Waals surface area contributed by atoms with Crippen LogP contribution >= 0.6 is 0 Å². The number of carboxylic acids is 1. The minimum Gasteiger partial charge on any atom is -0.480 e. The van der Waals surface area contributed by atoms with E-state index in [0.29, 0.717) is 26.2 Å². The highest BCUT2D eigenvalue weighted by atomic mass is 19.4. The molecular formula is C14H23F3N2O2. The van der Waals surface area contributed by atoms with Crippen LogP contribution in [0.25, 0.3) is 0 Å². The fourth-order valence-corrected chi connectivity index (χ4v) is 3.31. The zero-order valence-corrected chi connectivity index (χ0v) is 12.2. The molecule has 1 heterocycles. The first-order chi connectivity index (χ1) is 9.79. The minimum atomic E-state index is -4.13. The highest BCUT2D eigenvalue weighted by Crippen LogP contribution is 2.41. The van der Waals surface area contributed by atoms with E-state index in [-0.39, 0.29) is 18.8 Å². The Hall–Kier alpha value is -0.820. The van der Waals surface area contributed by atoms with Gasteiger partial charge in [0, 0.05) is 6.54 Å². The monoisotopic (exact) mass is 308 g/mol. The predicted octanol–water partition coefficient (Wildman–Crippen LogP) is 2.10. The molecule has 0 aromatic carbocycles. The van der Waals surface area contributed by atoms with E-state index in [2.05, 4.69) is 5.32 Å². The number of alkyl halides is 3. The van der Waals surface area contributed by atoms with Crippen molar-refractivity contribution >= 4 is 5.97 Å². The summed E-state index contributed by atoms with van der Waals surface area (Å²) in [5, 5.41) is 12.7. The van der Waals surface area contributed by atoms with Crippen LogP contribution < -0.4 is 5.32 Å². The maximum absolute atomic E-state index is 12.7. The number of piperidine rings is 1. The van der Waals surface area contributed by atoms with E-state index in [1.807, 2.05) is 11.8 Å². The first-order valence-corrected chi connectivity index (χ1v) is 7.57. The van der Waals surface area contributed by atoms with Gasteiger partial charge in [0.15, 0.2) is 0 Å². The number of hydrogen-bond acceptors (Lipinski definition) is 3. The second kappa shape index (κ2) is 6.12. The number of carbonyl (C=O) groups is 1. The van der Waals surface area contributed by atoms with E-state index in [4.69, 9.17) is 0 Å². The van der Waals surface area contributed by atoms with Gasteiger partial charge in [-0.2, -0.15) is 13.2 Å². The number of rotatable bonds is 6. The molecule has 0 amide bonds. The van der Waals surface area contributed by atoms with E-state index in [9.17, 15) is 23.1 Å². The molecule has 2 rings (SSSR count). The van der Waals surface area contributed by atoms with Crippen molar-refractivity contribution < 1.29 is 23.1 Å². The van der Waals surface area contributed by atoms with Crippen LogP contribution in [-0.2, 0) is 4.79 Å². The molecule has 122 valence electrons. The van der Waals surface area contributed by atoms with Crippen LogP contribution in [0, 0.1) is 11.8 Å². The summed E-state index contributed by atoms with van der Waals surface area (Å²) in [4.78, 5) is 13.6. The van der Waals surface area contributed by atoms with Crippen LogP contribution in [0.2, 0.25) is 0 Å². The largest absolute Gasteiger partial charge is 0.480 e. The van der Waals surface area contributed by atoms with Crippen LogP contribution in [0.5, 0.6) is 0 Å². The summed E-state index contributed by atoms with van der Waals surface area (Å²) in [5.41, 5.74) is -1.00. The molecule has 0 aromatic rings. The molecule has 21 heavy (non-hydrogen) atoms. The lowest BCUT2D eigenvalue weighted by molar-refractivity contribution is -0.186. The number of likely N-dealkylation sites (tertiary alicyclic amines) is 1. The smallest absolute Gasteiger partial charge is 0.391 e. The van der Waals surface area contributed by atoms with Crippen molar-refractivity contribution in [3.05, 3.63) is 0 Å². The van der Waals surface area contributed by atoms with Crippen molar-refractivity contribution in [1.29, 1.82) is 0 Å². The average molecular weight is 308 g/mol. The van der Waals surface area contributed by atoms with Gasteiger partial charge in [0.1, 0.15) is 5.54 Å². The van der Waals surface area contributed by atoms with Gasteiger partial charge in [-0.3, -0.25) is 4.79 Å². The quantitative estimate of drug-likeness (QED) is 0.789. The van der Waals surface area contributed by atoms with Gasteiger partial charge >= 0.3 is 12.1 Å². The van der Waals surface area contributed by atoms with Gasteiger partial charge in [0.2, 0.25) is 0 Å². The van der Waals surface area contributed by atoms with Crippen LogP contribution in [0.4, 0.5) is 13.2 Å². The highest BCUT2D eigenvalue weighted by molar-refractivity contribution is 5.80. The number of aliphatic carboxylic acids is 1. The van der Waals surface area contributed by atoms with Crippen molar-refractivity contribution in [1.82, 2.24) is 10.2 Å². The number of nitrogens with one attached hydrogen (secondary N) is 1. The maximum Gasteiger partial charge on any atom is 0.391 e. The SMILES string of the molecule is CCNC(CN1CCC(C(F)(F)F)CC1)(C(=O)O)C1CC1. The molecule has 0 aromatic heterocycles. The van der Waals surface area contributed by atoms with E-state index in [0.717, 1.165) is 12.8 Å². The molecule has 2 N–H and O–H groups in total. The molecule has 7 heteroatoms. The molecule has 0 radical (unpaired) electrons. The third-order valence-electron chi connectivity index (χ3n) is 4.67. The van der Waals surface area contributed by atoms with Crippen molar-refractivity contribution in [2.45, 2.75) is 44.3 Å². The van der Waals surface area contributed by atoms with Crippen LogP contribution in [0.3, 0.4) is 0 Å². The van der Waals surface area contributed by atoms with Crippen molar-refractivity contribution in [3.8, 4) is 0 Å². The zero-order valence-electron chi connectivity index (χ0n) is 12.2. The second-order valence-corrected chi connectivity index (χ2v) is 6.17. The van der Waals surface area contributed by atoms with Gasteiger partial charge in [0.25, 0.3) is 0 Å².